The molecule has 0 spiro atoms. The highest BCUT2D eigenvalue weighted by Gasteiger charge is 2.14. The Bertz CT molecular complexity index is 443. The predicted octanol–water partition coefficient (Wildman–Crippen LogP) is 2.34. The first-order valence-electron chi connectivity index (χ1n) is 6.82. The number of carbonyl (C=O) groups excluding carboxylic acids is 1. The van der Waals surface area contributed by atoms with Crippen molar-refractivity contribution in [2.45, 2.75) is 13.8 Å². The van der Waals surface area contributed by atoms with Gasteiger partial charge in [-0.3, -0.25) is 4.79 Å². The summed E-state index contributed by atoms with van der Waals surface area (Å²) in [5.41, 5.74) is 0.557. The minimum atomic E-state index is -0.131. The molecule has 0 bridgehead atoms. The summed E-state index contributed by atoms with van der Waals surface area (Å²) in [5.74, 6) is 0.988. The van der Waals surface area contributed by atoms with Gasteiger partial charge < -0.3 is 14.7 Å². The lowest BCUT2D eigenvalue weighted by atomic mass is 10.2. The molecule has 4 nitrogen and oxygen atoms in total. The van der Waals surface area contributed by atoms with Crippen molar-refractivity contribution in [1.29, 1.82) is 0 Å². The highest BCUT2D eigenvalue weighted by molar-refractivity contribution is 5.94. The van der Waals surface area contributed by atoms with Gasteiger partial charge in [-0.15, -0.1) is 6.58 Å². The van der Waals surface area contributed by atoms with Crippen molar-refractivity contribution in [1.82, 2.24) is 4.90 Å². The van der Waals surface area contributed by atoms with Crippen molar-refractivity contribution in [3.63, 3.8) is 0 Å². The molecule has 0 aliphatic heterocycles. The van der Waals surface area contributed by atoms with E-state index in [1.165, 1.54) is 0 Å². The van der Waals surface area contributed by atoms with Crippen LogP contribution in [0.15, 0.2) is 36.9 Å². The molecule has 110 valence electrons. The lowest BCUT2D eigenvalue weighted by Crippen LogP contribution is -2.33. The van der Waals surface area contributed by atoms with Crippen LogP contribution in [-0.4, -0.2) is 42.2 Å². The largest absolute Gasteiger partial charge is 0.493 e. The molecule has 0 saturated carbocycles. The smallest absolute Gasteiger partial charge is 0.254 e. The molecule has 0 saturated heterocycles. The maximum Gasteiger partial charge on any atom is 0.254 e. The summed E-state index contributed by atoms with van der Waals surface area (Å²) in [4.78, 5) is 13.9. The van der Waals surface area contributed by atoms with Gasteiger partial charge in [0.15, 0.2) is 0 Å². The third kappa shape index (κ3) is 5.05. The van der Waals surface area contributed by atoms with E-state index >= 15 is 0 Å². The zero-order valence-electron chi connectivity index (χ0n) is 12.2. The van der Waals surface area contributed by atoms with E-state index in [1.807, 2.05) is 6.07 Å². The second kappa shape index (κ2) is 8.38. The number of carbonyl (C=O) groups is 1. The monoisotopic (exact) mass is 277 g/mol. The standard InChI is InChI=1S/C16H23NO3/c1-4-8-17(9-10-18)16(19)14-6-5-7-15(11-14)20-12-13(2)3/h4-7,11,13,18H,1,8-10,12H2,2-3H3. The number of ether oxygens (including phenoxy) is 1. The average molecular weight is 277 g/mol. The zero-order chi connectivity index (χ0) is 15.0. The van der Waals surface area contributed by atoms with Crippen LogP contribution >= 0.6 is 0 Å². The van der Waals surface area contributed by atoms with Gasteiger partial charge in [-0.05, 0) is 24.1 Å². The van der Waals surface area contributed by atoms with Crippen LogP contribution in [-0.2, 0) is 0 Å². The van der Waals surface area contributed by atoms with E-state index in [-0.39, 0.29) is 12.5 Å². The number of benzene rings is 1. The Hall–Kier alpha value is -1.81. The molecule has 0 heterocycles. The van der Waals surface area contributed by atoms with Crippen LogP contribution in [0.1, 0.15) is 24.2 Å². The number of nitrogens with zero attached hydrogens (tertiary/aromatic N) is 1. The van der Waals surface area contributed by atoms with Gasteiger partial charge in [-0.2, -0.15) is 0 Å². The Morgan fingerprint density at radius 3 is 2.85 bits per heavy atom. The van der Waals surface area contributed by atoms with E-state index in [0.717, 1.165) is 0 Å². The molecular weight excluding hydrogens is 254 g/mol. The molecule has 0 unspecified atom stereocenters. The van der Waals surface area contributed by atoms with E-state index in [1.54, 1.807) is 29.2 Å². The van der Waals surface area contributed by atoms with E-state index in [9.17, 15) is 4.79 Å². The summed E-state index contributed by atoms with van der Waals surface area (Å²) >= 11 is 0. The molecule has 1 N–H and O–H groups in total. The normalized spacial score (nSPS) is 10.4. The summed E-state index contributed by atoms with van der Waals surface area (Å²) in [6, 6.07) is 7.12. The second-order valence-electron chi connectivity index (χ2n) is 5.00. The van der Waals surface area contributed by atoms with Crippen LogP contribution in [0.5, 0.6) is 5.75 Å². The molecule has 0 aliphatic rings. The number of aliphatic hydroxyl groups excluding tert-OH is 1. The minimum Gasteiger partial charge on any atom is -0.493 e. The van der Waals surface area contributed by atoms with Crippen LogP contribution in [0.25, 0.3) is 0 Å². The van der Waals surface area contributed by atoms with Gasteiger partial charge in [0.2, 0.25) is 0 Å². The fraction of sp³-hybridized carbons (Fsp3) is 0.438. The number of hydrogen-bond donors (Lipinski definition) is 1. The number of aliphatic hydroxyl groups is 1. The summed E-state index contributed by atoms with van der Waals surface area (Å²) in [5, 5.41) is 9.01. The molecule has 4 heteroatoms. The van der Waals surface area contributed by atoms with Gasteiger partial charge in [0.1, 0.15) is 5.75 Å². The van der Waals surface area contributed by atoms with Crippen molar-refractivity contribution >= 4 is 5.91 Å². The maximum atomic E-state index is 12.3. The highest BCUT2D eigenvalue weighted by Crippen LogP contribution is 2.16. The van der Waals surface area contributed by atoms with Crippen molar-refractivity contribution in [2.24, 2.45) is 5.92 Å². The number of rotatable bonds is 8. The first kappa shape index (κ1) is 16.2. The first-order valence-corrected chi connectivity index (χ1v) is 6.82. The summed E-state index contributed by atoms with van der Waals surface area (Å²) < 4.78 is 5.62. The SMILES string of the molecule is C=CCN(CCO)C(=O)c1cccc(OCC(C)C)c1. The molecule has 0 aliphatic carbocycles. The van der Waals surface area contributed by atoms with Crippen molar-refractivity contribution < 1.29 is 14.6 Å². The molecule has 20 heavy (non-hydrogen) atoms. The van der Waals surface area contributed by atoms with Crippen LogP contribution in [0.3, 0.4) is 0 Å². The van der Waals surface area contributed by atoms with Gasteiger partial charge >= 0.3 is 0 Å². The maximum absolute atomic E-state index is 12.3. The van der Waals surface area contributed by atoms with Crippen LogP contribution in [0, 0.1) is 5.92 Å². The van der Waals surface area contributed by atoms with Crippen LogP contribution in [0.4, 0.5) is 0 Å². The first-order chi connectivity index (χ1) is 9.58. The van der Waals surface area contributed by atoms with Crippen molar-refractivity contribution in [3.05, 3.63) is 42.5 Å². The topological polar surface area (TPSA) is 49.8 Å². The quantitative estimate of drug-likeness (QED) is 0.742. The van der Waals surface area contributed by atoms with Gasteiger partial charge in [-0.1, -0.05) is 26.0 Å². The summed E-state index contributed by atoms with van der Waals surface area (Å²) in [7, 11) is 0. The van der Waals surface area contributed by atoms with E-state index < -0.39 is 0 Å². The van der Waals surface area contributed by atoms with Gasteiger partial charge in [-0.25, -0.2) is 0 Å². The molecule has 1 rings (SSSR count). The number of hydrogen-bond acceptors (Lipinski definition) is 3. The Morgan fingerprint density at radius 1 is 1.50 bits per heavy atom. The Balaban J connectivity index is 2.80. The van der Waals surface area contributed by atoms with Gasteiger partial charge in [0.25, 0.3) is 5.91 Å². The zero-order valence-corrected chi connectivity index (χ0v) is 12.2. The van der Waals surface area contributed by atoms with E-state index in [4.69, 9.17) is 9.84 Å². The number of amides is 1. The lowest BCUT2D eigenvalue weighted by Gasteiger charge is -2.20. The summed E-state index contributed by atoms with van der Waals surface area (Å²) in [6.07, 6.45) is 1.65. The molecule has 1 aromatic rings. The molecule has 0 fully saturated rings. The molecule has 0 radical (unpaired) electrons. The Labute approximate surface area is 120 Å². The van der Waals surface area contributed by atoms with Gasteiger partial charge in [0.05, 0.1) is 13.2 Å². The third-order valence-corrected chi connectivity index (χ3v) is 2.67. The third-order valence-electron chi connectivity index (χ3n) is 2.67. The Morgan fingerprint density at radius 2 is 2.25 bits per heavy atom. The lowest BCUT2D eigenvalue weighted by molar-refractivity contribution is 0.0742. The van der Waals surface area contributed by atoms with Crippen molar-refractivity contribution in [3.8, 4) is 5.75 Å². The fourth-order valence-corrected chi connectivity index (χ4v) is 1.72. The Kier molecular flexibility index (Phi) is 6.81. The van der Waals surface area contributed by atoms with Crippen LogP contribution in [0.2, 0.25) is 0 Å². The molecular formula is C16H23NO3. The predicted molar refractivity (Wildman–Crippen MR) is 80.0 cm³/mol. The van der Waals surface area contributed by atoms with E-state index in [2.05, 4.69) is 20.4 Å². The minimum absolute atomic E-state index is 0.0663. The van der Waals surface area contributed by atoms with Gasteiger partial charge in [0, 0.05) is 18.7 Å². The molecule has 0 atom stereocenters. The second-order valence-corrected chi connectivity index (χ2v) is 5.00. The fourth-order valence-electron chi connectivity index (χ4n) is 1.72. The molecule has 1 amide bonds. The molecule has 1 aromatic carbocycles. The average Bonchev–Trinajstić information content (AvgIpc) is 2.44. The molecule has 0 aromatic heterocycles. The van der Waals surface area contributed by atoms with Crippen LogP contribution < -0.4 is 4.74 Å². The van der Waals surface area contributed by atoms with E-state index in [0.29, 0.717) is 36.9 Å². The van der Waals surface area contributed by atoms with Crippen molar-refractivity contribution in [2.75, 3.05) is 26.3 Å². The summed E-state index contributed by atoms with van der Waals surface area (Å²) in [6.45, 7) is 9.02. The highest BCUT2D eigenvalue weighted by atomic mass is 16.5.